The summed E-state index contributed by atoms with van der Waals surface area (Å²) in [5.41, 5.74) is 0. The molecule has 1 aliphatic carbocycles. The number of thioether (sulfide) groups is 1. The van der Waals surface area contributed by atoms with Gasteiger partial charge in [0.25, 0.3) is 0 Å². The molecule has 17 heavy (non-hydrogen) atoms. The molecule has 0 spiro atoms. The molecule has 0 saturated heterocycles. The van der Waals surface area contributed by atoms with Crippen LogP contribution in [0.5, 0.6) is 0 Å². The minimum atomic E-state index is -0.0161. The fourth-order valence-electron chi connectivity index (χ4n) is 2.41. The Labute approximate surface area is 107 Å². The summed E-state index contributed by atoms with van der Waals surface area (Å²) in [6, 6.07) is 4.39. The van der Waals surface area contributed by atoms with E-state index in [9.17, 15) is 0 Å². The maximum Gasteiger partial charge on any atom is 0.129 e. The Kier molecular flexibility index (Phi) is 4.95. The first-order valence-corrected chi connectivity index (χ1v) is 7.41. The molecular weight excluding hydrogens is 234 g/mol. The molecule has 0 amide bonds. The van der Waals surface area contributed by atoms with Gasteiger partial charge in [0, 0.05) is 11.3 Å². The van der Waals surface area contributed by atoms with Crippen molar-refractivity contribution in [3.8, 4) is 0 Å². The highest BCUT2D eigenvalue weighted by atomic mass is 32.2. The monoisotopic (exact) mass is 255 g/mol. The molecule has 4 heteroatoms. The highest BCUT2D eigenvalue weighted by Crippen LogP contribution is 2.30. The van der Waals surface area contributed by atoms with E-state index in [4.69, 9.17) is 9.52 Å². The minimum Gasteiger partial charge on any atom is -0.462 e. The van der Waals surface area contributed by atoms with Gasteiger partial charge in [-0.1, -0.05) is 13.3 Å². The highest BCUT2D eigenvalue weighted by molar-refractivity contribution is 7.99. The van der Waals surface area contributed by atoms with Crippen LogP contribution in [0.1, 0.15) is 37.7 Å². The molecule has 1 fully saturated rings. The molecule has 1 heterocycles. The zero-order valence-corrected chi connectivity index (χ0v) is 11.1. The molecule has 0 bridgehead atoms. The summed E-state index contributed by atoms with van der Waals surface area (Å²) in [5, 5.41) is 13.3. The number of hydrogen-bond donors (Lipinski definition) is 2. The van der Waals surface area contributed by atoms with Crippen molar-refractivity contribution in [2.45, 2.75) is 50.6 Å². The Morgan fingerprint density at radius 1 is 1.41 bits per heavy atom. The number of aliphatic hydroxyl groups excluding tert-OH is 1. The SMILES string of the molecule is CCSC1CCCC1NCc1ccc(CO)o1. The maximum absolute atomic E-state index is 8.93. The lowest BCUT2D eigenvalue weighted by Gasteiger charge is -2.19. The summed E-state index contributed by atoms with van der Waals surface area (Å²) in [6.07, 6.45) is 3.93. The van der Waals surface area contributed by atoms with Crippen LogP contribution in [0.15, 0.2) is 16.5 Å². The quantitative estimate of drug-likeness (QED) is 0.820. The normalized spacial score (nSPS) is 24.4. The van der Waals surface area contributed by atoms with Crippen LogP contribution < -0.4 is 5.32 Å². The molecule has 0 aliphatic heterocycles. The zero-order valence-electron chi connectivity index (χ0n) is 10.3. The predicted molar refractivity (Wildman–Crippen MR) is 71.0 cm³/mol. The molecule has 2 rings (SSSR count). The molecule has 2 unspecified atom stereocenters. The first-order valence-electron chi connectivity index (χ1n) is 6.37. The Morgan fingerprint density at radius 2 is 2.24 bits per heavy atom. The molecule has 3 nitrogen and oxygen atoms in total. The number of aliphatic hydroxyl groups is 1. The van der Waals surface area contributed by atoms with E-state index in [-0.39, 0.29) is 6.61 Å². The van der Waals surface area contributed by atoms with Gasteiger partial charge in [-0.15, -0.1) is 0 Å². The van der Waals surface area contributed by atoms with Crippen molar-refractivity contribution in [3.63, 3.8) is 0 Å². The predicted octanol–water partition coefficient (Wildman–Crippen LogP) is 2.54. The fraction of sp³-hybridized carbons (Fsp3) is 0.692. The zero-order chi connectivity index (χ0) is 12.1. The molecule has 2 N–H and O–H groups in total. The molecule has 1 aromatic rings. The van der Waals surface area contributed by atoms with Crippen molar-refractivity contribution in [3.05, 3.63) is 23.7 Å². The van der Waals surface area contributed by atoms with Crippen LogP contribution >= 0.6 is 11.8 Å². The molecule has 96 valence electrons. The van der Waals surface area contributed by atoms with Crippen molar-refractivity contribution in [1.82, 2.24) is 5.32 Å². The second kappa shape index (κ2) is 6.47. The Morgan fingerprint density at radius 3 is 2.94 bits per heavy atom. The van der Waals surface area contributed by atoms with Gasteiger partial charge in [-0.25, -0.2) is 0 Å². The molecule has 0 radical (unpaired) electrons. The van der Waals surface area contributed by atoms with Gasteiger partial charge >= 0.3 is 0 Å². The fourth-order valence-corrected chi connectivity index (χ4v) is 3.63. The van der Waals surface area contributed by atoms with Crippen LogP contribution in [0, 0.1) is 0 Å². The average Bonchev–Trinajstić information content (AvgIpc) is 2.95. The van der Waals surface area contributed by atoms with Crippen LogP contribution in [0.2, 0.25) is 0 Å². The van der Waals surface area contributed by atoms with Gasteiger partial charge in [0.2, 0.25) is 0 Å². The smallest absolute Gasteiger partial charge is 0.129 e. The average molecular weight is 255 g/mol. The third-order valence-electron chi connectivity index (χ3n) is 3.24. The van der Waals surface area contributed by atoms with E-state index >= 15 is 0 Å². The second-order valence-corrected chi connectivity index (χ2v) is 5.95. The molecule has 1 saturated carbocycles. The topological polar surface area (TPSA) is 45.4 Å². The third kappa shape index (κ3) is 3.50. The van der Waals surface area contributed by atoms with Crippen molar-refractivity contribution in [2.75, 3.05) is 5.75 Å². The maximum atomic E-state index is 8.93. The number of nitrogens with one attached hydrogen (secondary N) is 1. The highest BCUT2D eigenvalue weighted by Gasteiger charge is 2.26. The minimum absolute atomic E-state index is 0.0161. The van der Waals surface area contributed by atoms with Gasteiger partial charge in [-0.05, 0) is 30.7 Å². The first kappa shape index (κ1) is 13.0. The van der Waals surface area contributed by atoms with Gasteiger partial charge in [0.15, 0.2) is 0 Å². The van der Waals surface area contributed by atoms with E-state index in [1.165, 1.54) is 25.0 Å². The van der Waals surface area contributed by atoms with E-state index in [0.29, 0.717) is 11.8 Å². The number of hydrogen-bond acceptors (Lipinski definition) is 4. The molecule has 1 aromatic heterocycles. The van der Waals surface area contributed by atoms with E-state index in [1.54, 1.807) is 0 Å². The number of furan rings is 1. The van der Waals surface area contributed by atoms with E-state index < -0.39 is 0 Å². The second-order valence-electron chi connectivity index (χ2n) is 4.44. The van der Waals surface area contributed by atoms with E-state index in [1.807, 2.05) is 12.1 Å². The van der Waals surface area contributed by atoms with Crippen LogP contribution in [-0.2, 0) is 13.2 Å². The standard InChI is InChI=1S/C13H21NO2S/c1-2-17-13-5-3-4-12(13)14-8-10-6-7-11(9-15)16-10/h6-7,12-15H,2-5,8-9H2,1H3. The van der Waals surface area contributed by atoms with Crippen LogP contribution in [0.3, 0.4) is 0 Å². The largest absolute Gasteiger partial charge is 0.462 e. The van der Waals surface area contributed by atoms with Crippen molar-refractivity contribution < 1.29 is 9.52 Å². The Bertz CT molecular complexity index is 340. The van der Waals surface area contributed by atoms with Crippen LogP contribution in [-0.4, -0.2) is 22.2 Å². The lowest BCUT2D eigenvalue weighted by molar-refractivity contribution is 0.242. The summed E-state index contributed by atoms with van der Waals surface area (Å²) >= 11 is 2.06. The van der Waals surface area contributed by atoms with E-state index in [0.717, 1.165) is 17.6 Å². The molecule has 1 aliphatic rings. The summed E-state index contributed by atoms with van der Waals surface area (Å²) in [5.74, 6) is 2.76. The van der Waals surface area contributed by atoms with Crippen molar-refractivity contribution >= 4 is 11.8 Å². The van der Waals surface area contributed by atoms with Crippen LogP contribution in [0.4, 0.5) is 0 Å². The lowest BCUT2D eigenvalue weighted by Crippen LogP contribution is -2.33. The van der Waals surface area contributed by atoms with Gasteiger partial charge in [-0.3, -0.25) is 0 Å². The lowest BCUT2D eigenvalue weighted by atomic mass is 10.2. The summed E-state index contributed by atoms with van der Waals surface area (Å²) in [4.78, 5) is 0. The third-order valence-corrected chi connectivity index (χ3v) is 4.57. The number of rotatable bonds is 6. The van der Waals surface area contributed by atoms with E-state index in [2.05, 4.69) is 24.0 Å². The Hall–Kier alpha value is -0.450. The summed E-state index contributed by atoms with van der Waals surface area (Å²) < 4.78 is 5.47. The van der Waals surface area contributed by atoms with Gasteiger partial charge < -0.3 is 14.8 Å². The molecule has 2 atom stereocenters. The van der Waals surface area contributed by atoms with Crippen molar-refractivity contribution in [2.24, 2.45) is 0 Å². The summed E-state index contributed by atoms with van der Waals surface area (Å²) in [7, 11) is 0. The summed E-state index contributed by atoms with van der Waals surface area (Å²) in [6.45, 7) is 2.98. The van der Waals surface area contributed by atoms with Gasteiger partial charge in [0.05, 0.1) is 6.54 Å². The molecule has 0 aromatic carbocycles. The van der Waals surface area contributed by atoms with Gasteiger partial charge in [0.1, 0.15) is 18.1 Å². The van der Waals surface area contributed by atoms with Crippen molar-refractivity contribution in [1.29, 1.82) is 0 Å². The molecular formula is C13H21NO2S. The van der Waals surface area contributed by atoms with Gasteiger partial charge in [-0.2, -0.15) is 11.8 Å². The van der Waals surface area contributed by atoms with Crippen LogP contribution in [0.25, 0.3) is 0 Å². The Balaban J connectivity index is 1.80. The first-order chi connectivity index (χ1) is 8.33.